The molecule has 1 saturated heterocycles. The van der Waals surface area contributed by atoms with Gasteiger partial charge in [0.05, 0.1) is 6.61 Å². The highest BCUT2D eigenvalue weighted by Gasteiger charge is 2.28. The number of fused-ring (bicyclic) bond motifs is 1. The first-order valence-corrected chi connectivity index (χ1v) is 10.0. The van der Waals surface area contributed by atoms with E-state index < -0.39 is 6.29 Å². The molecular formula is C20H24FNO2S. The van der Waals surface area contributed by atoms with Gasteiger partial charge in [-0.1, -0.05) is 13.3 Å². The van der Waals surface area contributed by atoms with Gasteiger partial charge >= 0.3 is 0 Å². The van der Waals surface area contributed by atoms with Crippen molar-refractivity contribution >= 4 is 11.3 Å². The zero-order chi connectivity index (χ0) is 17.2. The van der Waals surface area contributed by atoms with Crippen LogP contribution in [0.4, 0.5) is 4.39 Å². The minimum absolute atomic E-state index is 0.208. The summed E-state index contributed by atoms with van der Waals surface area (Å²) >= 11 is 1.62. The third kappa shape index (κ3) is 3.59. The highest BCUT2D eigenvalue weighted by Crippen LogP contribution is 2.38. The second-order valence-corrected chi connectivity index (χ2v) is 7.68. The van der Waals surface area contributed by atoms with Gasteiger partial charge in [-0.2, -0.15) is 11.3 Å². The number of benzene rings is 1. The molecule has 4 rings (SSSR count). The van der Waals surface area contributed by atoms with Crippen molar-refractivity contribution in [3.05, 3.63) is 51.5 Å². The van der Waals surface area contributed by atoms with Crippen LogP contribution in [-0.4, -0.2) is 17.5 Å². The maximum atomic E-state index is 14.1. The molecule has 0 radical (unpaired) electrons. The van der Waals surface area contributed by atoms with Crippen molar-refractivity contribution in [3.8, 4) is 5.75 Å². The quantitative estimate of drug-likeness (QED) is 0.741. The number of ether oxygens (including phenoxy) is 2. The van der Waals surface area contributed by atoms with Gasteiger partial charge in [0, 0.05) is 34.7 Å². The molecule has 0 saturated carbocycles. The molecule has 1 fully saturated rings. The lowest BCUT2D eigenvalue weighted by molar-refractivity contribution is -0.112. The fourth-order valence-corrected chi connectivity index (χ4v) is 4.58. The Bertz CT molecular complexity index is 719. The van der Waals surface area contributed by atoms with Gasteiger partial charge in [-0.15, -0.1) is 0 Å². The van der Waals surface area contributed by atoms with Crippen molar-refractivity contribution in [3.63, 3.8) is 0 Å². The SMILES string of the molecule is CC[C@@H]1CCCCN1Cc1cc(F)cc2c1O[C@H](c1ccsc1)OC2. The molecule has 2 atom stereocenters. The number of nitrogens with zero attached hydrogens (tertiary/aromatic N) is 1. The molecule has 0 spiro atoms. The van der Waals surface area contributed by atoms with Crippen molar-refractivity contribution in [2.24, 2.45) is 0 Å². The number of piperidine rings is 1. The van der Waals surface area contributed by atoms with Crippen LogP contribution in [0.15, 0.2) is 29.0 Å². The van der Waals surface area contributed by atoms with E-state index in [-0.39, 0.29) is 5.82 Å². The summed E-state index contributed by atoms with van der Waals surface area (Å²) in [6.45, 7) is 4.45. The molecule has 2 aliphatic heterocycles. The van der Waals surface area contributed by atoms with Gasteiger partial charge in [0.1, 0.15) is 11.6 Å². The van der Waals surface area contributed by atoms with Gasteiger partial charge in [-0.25, -0.2) is 4.39 Å². The van der Waals surface area contributed by atoms with E-state index in [1.54, 1.807) is 17.4 Å². The van der Waals surface area contributed by atoms with E-state index in [2.05, 4.69) is 11.8 Å². The van der Waals surface area contributed by atoms with Gasteiger partial charge in [-0.3, -0.25) is 4.90 Å². The molecule has 0 aliphatic carbocycles. The van der Waals surface area contributed by atoms with Crippen LogP contribution in [0.1, 0.15) is 55.6 Å². The first-order chi connectivity index (χ1) is 12.2. The Morgan fingerprint density at radius 2 is 2.24 bits per heavy atom. The first-order valence-electron chi connectivity index (χ1n) is 9.10. The molecule has 3 heterocycles. The zero-order valence-electron chi connectivity index (χ0n) is 14.5. The van der Waals surface area contributed by atoms with Gasteiger partial charge in [0.2, 0.25) is 6.29 Å². The normalized spacial score (nSPS) is 23.9. The lowest BCUT2D eigenvalue weighted by atomic mass is 9.98. The van der Waals surface area contributed by atoms with E-state index in [0.717, 1.165) is 42.0 Å². The van der Waals surface area contributed by atoms with Crippen LogP contribution in [0.25, 0.3) is 0 Å². The largest absolute Gasteiger partial charge is 0.460 e. The lowest BCUT2D eigenvalue weighted by Crippen LogP contribution is -2.38. The van der Waals surface area contributed by atoms with Crippen LogP contribution in [0.5, 0.6) is 5.75 Å². The third-order valence-electron chi connectivity index (χ3n) is 5.23. The van der Waals surface area contributed by atoms with Gasteiger partial charge in [0.25, 0.3) is 0 Å². The predicted molar refractivity (Wildman–Crippen MR) is 97.2 cm³/mol. The zero-order valence-corrected chi connectivity index (χ0v) is 15.4. The van der Waals surface area contributed by atoms with Crippen molar-refractivity contribution in [1.29, 1.82) is 0 Å². The van der Waals surface area contributed by atoms with E-state index in [1.165, 1.54) is 25.3 Å². The molecule has 25 heavy (non-hydrogen) atoms. The molecule has 134 valence electrons. The Labute approximate surface area is 152 Å². The standard InChI is InChI=1S/C20H24FNO2S/c1-2-18-5-3-4-7-22(18)11-15-9-17(21)10-16-12-23-20(24-19(15)16)14-6-8-25-13-14/h6,8-10,13,18,20H,2-5,7,11-12H2,1H3/t18-,20-/m1/s1. The van der Waals surface area contributed by atoms with Gasteiger partial charge in [-0.05, 0) is 49.4 Å². The van der Waals surface area contributed by atoms with E-state index in [4.69, 9.17) is 9.47 Å². The molecular weight excluding hydrogens is 337 g/mol. The number of hydrogen-bond acceptors (Lipinski definition) is 4. The van der Waals surface area contributed by atoms with Crippen LogP contribution in [0, 0.1) is 5.82 Å². The van der Waals surface area contributed by atoms with E-state index in [9.17, 15) is 4.39 Å². The molecule has 0 bridgehead atoms. The molecule has 1 aromatic heterocycles. The molecule has 0 N–H and O–H groups in total. The van der Waals surface area contributed by atoms with Crippen molar-refractivity contribution < 1.29 is 13.9 Å². The van der Waals surface area contributed by atoms with Crippen LogP contribution < -0.4 is 4.74 Å². The molecule has 2 aromatic rings. The first kappa shape index (κ1) is 17.0. The summed E-state index contributed by atoms with van der Waals surface area (Å²) in [6, 6.07) is 5.77. The topological polar surface area (TPSA) is 21.7 Å². The Hall–Kier alpha value is -1.43. The number of hydrogen-bond donors (Lipinski definition) is 0. The van der Waals surface area contributed by atoms with Gasteiger partial charge in [0.15, 0.2) is 0 Å². The molecule has 3 nitrogen and oxygen atoms in total. The number of thiophene rings is 1. The summed E-state index contributed by atoms with van der Waals surface area (Å²) in [4.78, 5) is 2.48. The Morgan fingerprint density at radius 1 is 1.32 bits per heavy atom. The van der Waals surface area contributed by atoms with Crippen molar-refractivity contribution in [2.45, 2.75) is 58.1 Å². The minimum Gasteiger partial charge on any atom is -0.460 e. The Kier molecular flexibility index (Phi) is 5.06. The average molecular weight is 361 g/mol. The molecule has 5 heteroatoms. The molecule has 0 amide bonds. The van der Waals surface area contributed by atoms with Crippen LogP contribution in [-0.2, 0) is 17.9 Å². The summed E-state index contributed by atoms with van der Waals surface area (Å²) in [5.41, 5.74) is 2.78. The second-order valence-electron chi connectivity index (χ2n) is 6.90. The highest BCUT2D eigenvalue weighted by atomic mass is 32.1. The molecule has 0 unspecified atom stereocenters. The minimum atomic E-state index is -0.397. The highest BCUT2D eigenvalue weighted by molar-refractivity contribution is 7.07. The fourth-order valence-electron chi connectivity index (χ4n) is 3.92. The van der Waals surface area contributed by atoms with Crippen LogP contribution >= 0.6 is 11.3 Å². The van der Waals surface area contributed by atoms with Crippen LogP contribution in [0.2, 0.25) is 0 Å². The monoisotopic (exact) mass is 361 g/mol. The van der Waals surface area contributed by atoms with Crippen molar-refractivity contribution in [2.75, 3.05) is 6.54 Å². The van der Waals surface area contributed by atoms with Crippen LogP contribution in [0.3, 0.4) is 0 Å². The lowest BCUT2D eigenvalue weighted by Gasteiger charge is -2.36. The summed E-state index contributed by atoms with van der Waals surface area (Å²) in [6.07, 6.45) is 4.48. The van der Waals surface area contributed by atoms with E-state index >= 15 is 0 Å². The van der Waals surface area contributed by atoms with Crippen molar-refractivity contribution in [1.82, 2.24) is 4.90 Å². The maximum absolute atomic E-state index is 14.1. The average Bonchev–Trinajstić information content (AvgIpc) is 3.16. The third-order valence-corrected chi connectivity index (χ3v) is 5.93. The Morgan fingerprint density at radius 3 is 3.04 bits per heavy atom. The summed E-state index contributed by atoms with van der Waals surface area (Å²) in [5.74, 6) is 0.601. The molecule has 1 aromatic carbocycles. The number of halogens is 1. The van der Waals surface area contributed by atoms with E-state index in [1.807, 2.05) is 16.8 Å². The summed E-state index contributed by atoms with van der Waals surface area (Å²) in [7, 11) is 0. The summed E-state index contributed by atoms with van der Waals surface area (Å²) in [5, 5.41) is 4.05. The number of likely N-dealkylation sites (tertiary alicyclic amines) is 1. The fraction of sp³-hybridized carbons (Fsp3) is 0.500. The second kappa shape index (κ2) is 7.44. The molecule has 2 aliphatic rings. The van der Waals surface area contributed by atoms with E-state index in [0.29, 0.717) is 12.6 Å². The van der Waals surface area contributed by atoms with Gasteiger partial charge < -0.3 is 9.47 Å². The number of rotatable bonds is 4. The smallest absolute Gasteiger partial charge is 0.227 e. The summed E-state index contributed by atoms with van der Waals surface area (Å²) < 4.78 is 26.1. The Balaban J connectivity index is 1.61. The predicted octanol–water partition coefficient (Wildman–Crippen LogP) is 5.26. The maximum Gasteiger partial charge on any atom is 0.227 e.